The predicted octanol–water partition coefficient (Wildman–Crippen LogP) is -0.131. The molecule has 2 aliphatic rings. The van der Waals surface area contributed by atoms with Crippen LogP contribution in [0.2, 0.25) is 0 Å². The molecule has 4 rings (SSSR count). The van der Waals surface area contributed by atoms with Gasteiger partial charge in [-0.3, -0.25) is 4.90 Å². The van der Waals surface area contributed by atoms with Crippen molar-refractivity contribution in [2.24, 2.45) is 0 Å². The van der Waals surface area contributed by atoms with Gasteiger partial charge in [-0.15, -0.1) is 0 Å². The van der Waals surface area contributed by atoms with Crippen LogP contribution in [0.4, 0.5) is 5.82 Å². The summed E-state index contributed by atoms with van der Waals surface area (Å²) in [4.78, 5) is 18.0. The molecule has 9 heteroatoms. The molecule has 0 spiro atoms. The van der Waals surface area contributed by atoms with Crippen LogP contribution in [-0.4, -0.2) is 91.8 Å². The number of aliphatic hydroxyl groups is 2. The first-order chi connectivity index (χ1) is 13.0. The number of anilines is 1. The van der Waals surface area contributed by atoms with E-state index in [1.54, 1.807) is 12.7 Å². The Morgan fingerprint density at radius 1 is 1.33 bits per heavy atom. The van der Waals surface area contributed by atoms with Crippen molar-refractivity contribution in [3.63, 3.8) is 0 Å². The molecule has 27 heavy (non-hydrogen) atoms. The lowest BCUT2D eigenvalue weighted by Crippen LogP contribution is -2.53. The highest BCUT2D eigenvalue weighted by Gasteiger charge is 2.34. The van der Waals surface area contributed by atoms with Gasteiger partial charge < -0.3 is 24.4 Å². The first kappa shape index (κ1) is 18.5. The van der Waals surface area contributed by atoms with Crippen LogP contribution in [0.25, 0.3) is 11.2 Å². The smallest absolute Gasteiger partial charge is 0.165 e. The third kappa shape index (κ3) is 3.77. The number of fused-ring (bicyclic) bond motifs is 1. The van der Waals surface area contributed by atoms with E-state index < -0.39 is 5.60 Å². The Bertz CT molecular complexity index is 788. The van der Waals surface area contributed by atoms with Crippen molar-refractivity contribution >= 4 is 17.0 Å². The molecule has 0 bridgehead atoms. The molecular weight excluding hydrogens is 348 g/mol. The summed E-state index contributed by atoms with van der Waals surface area (Å²) in [6.45, 7) is 8.53. The zero-order valence-corrected chi connectivity index (χ0v) is 16.0. The molecule has 3 atom stereocenters. The normalized spacial score (nSPS) is 28.1. The second kappa shape index (κ2) is 7.31. The largest absolute Gasteiger partial charge is 0.392 e. The molecule has 148 valence electrons. The number of aliphatic hydroxyl groups excluding tert-OH is 1. The summed E-state index contributed by atoms with van der Waals surface area (Å²) in [6, 6.07) is 0.316. The summed E-state index contributed by atoms with van der Waals surface area (Å²) in [5.41, 5.74) is 0.635. The van der Waals surface area contributed by atoms with Gasteiger partial charge in [-0.05, 0) is 13.8 Å². The minimum absolute atomic E-state index is 0.316. The number of hydrogen-bond donors (Lipinski definition) is 2. The number of imidazole rings is 1. The maximum atomic E-state index is 10.6. The van der Waals surface area contributed by atoms with Gasteiger partial charge in [0.1, 0.15) is 11.9 Å². The molecule has 2 fully saturated rings. The SMILES string of the molecule is CC(O)CN1CCN(c2ncnc3c2ncn3CC2(O)CCOC2)CC1C. The van der Waals surface area contributed by atoms with E-state index in [1.807, 2.05) is 11.5 Å². The Morgan fingerprint density at radius 2 is 2.19 bits per heavy atom. The van der Waals surface area contributed by atoms with Crippen LogP contribution in [0.5, 0.6) is 0 Å². The van der Waals surface area contributed by atoms with Gasteiger partial charge in [0.2, 0.25) is 0 Å². The van der Waals surface area contributed by atoms with Crippen molar-refractivity contribution in [2.75, 3.05) is 44.3 Å². The topological polar surface area (TPSA) is 99.8 Å². The van der Waals surface area contributed by atoms with Crippen molar-refractivity contribution < 1.29 is 14.9 Å². The Kier molecular flexibility index (Phi) is 5.02. The second-order valence-electron chi connectivity index (χ2n) is 7.91. The lowest BCUT2D eigenvalue weighted by atomic mass is 10.0. The van der Waals surface area contributed by atoms with Crippen LogP contribution in [0, 0.1) is 0 Å². The molecule has 4 heterocycles. The van der Waals surface area contributed by atoms with Gasteiger partial charge in [-0.1, -0.05) is 0 Å². The number of aromatic nitrogens is 4. The number of nitrogens with zero attached hydrogens (tertiary/aromatic N) is 6. The van der Waals surface area contributed by atoms with E-state index in [0.29, 0.717) is 38.8 Å². The first-order valence-corrected chi connectivity index (χ1v) is 9.58. The van der Waals surface area contributed by atoms with Gasteiger partial charge in [-0.2, -0.15) is 0 Å². The highest BCUT2D eigenvalue weighted by molar-refractivity contribution is 5.83. The summed E-state index contributed by atoms with van der Waals surface area (Å²) in [6.07, 6.45) is 3.59. The number of piperazine rings is 1. The van der Waals surface area contributed by atoms with Crippen molar-refractivity contribution in [3.05, 3.63) is 12.7 Å². The second-order valence-corrected chi connectivity index (χ2v) is 7.91. The molecular formula is C18H28N6O3. The van der Waals surface area contributed by atoms with E-state index >= 15 is 0 Å². The van der Waals surface area contributed by atoms with E-state index in [1.165, 1.54) is 0 Å². The molecule has 0 amide bonds. The summed E-state index contributed by atoms with van der Waals surface area (Å²) in [5.74, 6) is 0.831. The Hall–Kier alpha value is -1.81. The zero-order chi connectivity index (χ0) is 19.0. The lowest BCUT2D eigenvalue weighted by Gasteiger charge is -2.40. The van der Waals surface area contributed by atoms with Crippen LogP contribution < -0.4 is 4.90 Å². The predicted molar refractivity (Wildman–Crippen MR) is 101 cm³/mol. The van der Waals surface area contributed by atoms with E-state index in [-0.39, 0.29) is 6.10 Å². The Labute approximate surface area is 158 Å². The van der Waals surface area contributed by atoms with Crippen molar-refractivity contribution in [1.82, 2.24) is 24.4 Å². The van der Waals surface area contributed by atoms with Gasteiger partial charge in [0.05, 0.1) is 25.6 Å². The maximum absolute atomic E-state index is 10.6. The van der Waals surface area contributed by atoms with E-state index in [9.17, 15) is 10.2 Å². The third-order valence-corrected chi connectivity index (χ3v) is 5.49. The standard InChI is InChI=1S/C18H28N6O3/c1-13-7-23(5-4-22(13)8-14(2)25)16-15-17(20-11-19-16)24(12-21-15)9-18(26)3-6-27-10-18/h11-14,25-26H,3-10H2,1-2H3. The summed E-state index contributed by atoms with van der Waals surface area (Å²) in [5, 5.41) is 20.3. The van der Waals surface area contributed by atoms with E-state index in [2.05, 4.69) is 31.7 Å². The third-order valence-electron chi connectivity index (χ3n) is 5.49. The van der Waals surface area contributed by atoms with Gasteiger partial charge in [0.15, 0.2) is 17.0 Å². The quantitative estimate of drug-likeness (QED) is 0.744. The zero-order valence-electron chi connectivity index (χ0n) is 16.0. The minimum atomic E-state index is -0.861. The molecule has 0 aromatic carbocycles. The molecule has 9 nitrogen and oxygen atoms in total. The highest BCUT2D eigenvalue weighted by atomic mass is 16.5. The van der Waals surface area contributed by atoms with Crippen LogP contribution in [0.1, 0.15) is 20.3 Å². The van der Waals surface area contributed by atoms with Gasteiger partial charge in [-0.25, -0.2) is 15.0 Å². The molecule has 0 saturated carbocycles. The van der Waals surface area contributed by atoms with Crippen LogP contribution >= 0.6 is 0 Å². The monoisotopic (exact) mass is 376 g/mol. The summed E-state index contributed by atoms with van der Waals surface area (Å²) >= 11 is 0. The van der Waals surface area contributed by atoms with Gasteiger partial charge in [0, 0.05) is 45.2 Å². The van der Waals surface area contributed by atoms with Crippen molar-refractivity contribution in [3.8, 4) is 0 Å². The van der Waals surface area contributed by atoms with Crippen LogP contribution in [0.15, 0.2) is 12.7 Å². The number of ether oxygens (including phenoxy) is 1. The maximum Gasteiger partial charge on any atom is 0.165 e. The van der Waals surface area contributed by atoms with Crippen LogP contribution in [0.3, 0.4) is 0 Å². The number of rotatable bonds is 5. The molecule has 2 aromatic heterocycles. The van der Waals surface area contributed by atoms with Gasteiger partial charge >= 0.3 is 0 Å². The molecule has 0 radical (unpaired) electrons. The fourth-order valence-corrected chi connectivity index (χ4v) is 4.05. The van der Waals surface area contributed by atoms with Gasteiger partial charge in [0.25, 0.3) is 0 Å². The number of hydrogen-bond acceptors (Lipinski definition) is 8. The van der Waals surface area contributed by atoms with E-state index in [4.69, 9.17) is 4.74 Å². The minimum Gasteiger partial charge on any atom is -0.392 e. The molecule has 3 unspecified atom stereocenters. The molecule has 2 saturated heterocycles. The highest BCUT2D eigenvalue weighted by Crippen LogP contribution is 2.27. The average Bonchev–Trinajstić information content (AvgIpc) is 3.23. The molecule has 0 aliphatic carbocycles. The Morgan fingerprint density at radius 3 is 2.89 bits per heavy atom. The first-order valence-electron chi connectivity index (χ1n) is 9.58. The molecule has 2 aliphatic heterocycles. The number of β-amino-alcohol motifs (C(OH)–C–C–N with tert-alkyl or cyclic N) is 1. The van der Waals surface area contributed by atoms with E-state index in [0.717, 1.165) is 36.6 Å². The van der Waals surface area contributed by atoms with Crippen molar-refractivity contribution in [1.29, 1.82) is 0 Å². The van der Waals surface area contributed by atoms with Crippen LogP contribution in [-0.2, 0) is 11.3 Å². The lowest BCUT2D eigenvalue weighted by molar-refractivity contribution is 0.0126. The Balaban J connectivity index is 1.55. The summed E-state index contributed by atoms with van der Waals surface area (Å²) in [7, 11) is 0. The summed E-state index contributed by atoms with van der Waals surface area (Å²) < 4.78 is 7.23. The molecule has 2 N–H and O–H groups in total. The van der Waals surface area contributed by atoms with Crippen molar-refractivity contribution in [2.45, 2.75) is 44.6 Å². The average molecular weight is 376 g/mol. The molecule has 2 aromatic rings. The fourth-order valence-electron chi connectivity index (χ4n) is 4.05. The fraction of sp³-hybridized carbons (Fsp3) is 0.722.